The highest BCUT2D eigenvalue weighted by Crippen LogP contribution is 2.33. The molecule has 0 aromatic heterocycles. The van der Waals surface area contributed by atoms with E-state index in [0.717, 1.165) is 27.6 Å². The normalized spacial score (nSPS) is 12.0. The molecule has 0 bridgehead atoms. The highest BCUT2D eigenvalue weighted by atomic mass is 35.5. The van der Waals surface area contributed by atoms with Crippen LogP contribution in [0.1, 0.15) is 17.2 Å². The number of halogens is 1. The van der Waals surface area contributed by atoms with Gasteiger partial charge in [-0.05, 0) is 36.9 Å². The quantitative estimate of drug-likeness (QED) is 0.912. The van der Waals surface area contributed by atoms with E-state index in [1.165, 1.54) is 0 Å². The van der Waals surface area contributed by atoms with Crippen LogP contribution < -0.4 is 14.8 Å². The lowest BCUT2D eigenvalue weighted by atomic mass is 9.98. The summed E-state index contributed by atoms with van der Waals surface area (Å²) in [7, 11) is 5.21. The lowest BCUT2D eigenvalue weighted by Crippen LogP contribution is -2.18. The van der Waals surface area contributed by atoms with E-state index < -0.39 is 0 Å². The summed E-state index contributed by atoms with van der Waals surface area (Å²) >= 11 is 6.08. The fraction of sp³-hybridized carbons (Fsp3) is 0.250. The van der Waals surface area contributed by atoms with E-state index in [0.29, 0.717) is 0 Å². The lowest BCUT2D eigenvalue weighted by molar-refractivity contribution is 0.388. The first kappa shape index (κ1) is 14.7. The Labute approximate surface area is 124 Å². The molecule has 1 unspecified atom stereocenters. The number of hydrogen-bond donors (Lipinski definition) is 1. The number of methoxy groups -OCH3 is 2. The number of benzene rings is 2. The van der Waals surface area contributed by atoms with E-state index in [1.54, 1.807) is 14.2 Å². The average molecular weight is 292 g/mol. The molecule has 0 fully saturated rings. The van der Waals surface area contributed by atoms with Crippen LogP contribution in [0.15, 0.2) is 42.5 Å². The molecule has 0 aliphatic heterocycles. The van der Waals surface area contributed by atoms with Crippen LogP contribution in [0.2, 0.25) is 5.02 Å². The molecule has 0 aliphatic rings. The van der Waals surface area contributed by atoms with Crippen molar-refractivity contribution < 1.29 is 9.47 Å². The predicted molar refractivity (Wildman–Crippen MR) is 81.9 cm³/mol. The van der Waals surface area contributed by atoms with Gasteiger partial charge in [-0.1, -0.05) is 23.7 Å². The monoisotopic (exact) mass is 291 g/mol. The highest BCUT2D eigenvalue weighted by Gasteiger charge is 2.17. The summed E-state index contributed by atoms with van der Waals surface area (Å²) in [6.45, 7) is 0. The van der Waals surface area contributed by atoms with Gasteiger partial charge in [-0.15, -0.1) is 0 Å². The molecule has 0 saturated carbocycles. The van der Waals surface area contributed by atoms with Crippen LogP contribution in [0, 0.1) is 0 Å². The van der Waals surface area contributed by atoms with Crippen molar-refractivity contribution in [3.8, 4) is 11.5 Å². The molecule has 2 aromatic carbocycles. The van der Waals surface area contributed by atoms with Gasteiger partial charge in [0, 0.05) is 16.7 Å². The number of hydrogen-bond acceptors (Lipinski definition) is 3. The van der Waals surface area contributed by atoms with Crippen molar-refractivity contribution in [2.75, 3.05) is 21.3 Å². The van der Waals surface area contributed by atoms with Gasteiger partial charge in [-0.3, -0.25) is 0 Å². The minimum atomic E-state index is 0.00885. The van der Waals surface area contributed by atoms with Gasteiger partial charge in [0.25, 0.3) is 0 Å². The van der Waals surface area contributed by atoms with E-state index in [-0.39, 0.29) is 6.04 Å². The van der Waals surface area contributed by atoms with Crippen molar-refractivity contribution in [3.05, 3.63) is 58.6 Å². The largest absolute Gasteiger partial charge is 0.497 e. The Morgan fingerprint density at radius 3 is 2.45 bits per heavy atom. The van der Waals surface area contributed by atoms with Crippen molar-refractivity contribution in [1.82, 2.24) is 5.32 Å². The van der Waals surface area contributed by atoms with Crippen LogP contribution in [0.4, 0.5) is 0 Å². The standard InChI is InChI=1S/C16H18ClNO2/c1-18-16(11-5-4-6-12(17)9-11)14-8-7-13(19-2)10-15(14)20-3/h4-10,16,18H,1-3H3. The first-order valence-corrected chi connectivity index (χ1v) is 6.72. The van der Waals surface area contributed by atoms with E-state index in [1.807, 2.05) is 49.5 Å². The lowest BCUT2D eigenvalue weighted by Gasteiger charge is -2.20. The third-order valence-electron chi connectivity index (χ3n) is 3.22. The van der Waals surface area contributed by atoms with Crippen molar-refractivity contribution in [2.24, 2.45) is 0 Å². The molecule has 1 atom stereocenters. The molecule has 4 heteroatoms. The molecule has 2 rings (SSSR count). The van der Waals surface area contributed by atoms with E-state index in [9.17, 15) is 0 Å². The third-order valence-corrected chi connectivity index (χ3v) is 3.46. The molecule has 0 amide bonds. The zero-order valence-electron chi connectivity index (χ0n) is 11.8. The maximum Gasteiger partial charge on any atom is 0.127 e. The molecular weight excluding hydrogens is 274 g/mol. The molecule has 2 aromatic rings. The summed E-state index contributed by atoms with van der Waals surface area (Å²) < 4.78 is 10.7. The molecule has 0 spiro atoms. The summed E-state index contributed by atoms with van der Waals surface area (Å²) in [5.41, 5.74) is 2.13. The second kappa shape index (κ2) is 6.64. The van der Waals surface area contributed by atoms with Gasteiger partial charge in [-0.2, -0.15) is 0 Å². The van der Waals surface area contributed by atoms with Crippen molar-refractivity contribution in [2.45, 2.75) is 6.04 Å². The summed E-state index contributed by atoms with van der Waals surface area (Å²) in [4.78, 5) is 0. The molecule has 1 N–H and O–H groups in total. The summed E-state index contributed by atoms with van der Waals surface area (Å²) in [6.07, 6.45) is 0. The summed E-state index contributed by atoms with van der Waals surface area (Å²) in [6, 6.07) is 13.6. The van der Waals surface area contributed by atoms with Gasteiger partial charge in [-0.25, -0.2) is 0 Å². The zero-order valence-corrected chi connectivity index (χ0v) is 12.6. The maximum absolute atomic E-state index is 6.08. The van der Waals surface area contributed by atoms with Gasteiger partial charge >= 0.3 is 0 Å². The summed E-state index contributed by atoms with van der Waals surface area (Å²) in [5.74, 6) is 1.55. The fourth-order valence-corrected chi connectivity index (χ4v) is 2.44. The molecule has 0 aliphatic carbocycles. The Balaban J connectivity index is 2.46. The first-order valence-electron chi connectivity index (χ1n) is 6.34. The van der Waals surface area contributed by atoms with Gasteiger partial charge in [0.05, 0.1) is 20.3 Å². The Bertz CT molecular complexity index is 586. The van der Waals surface area contributed by atoms with Crippen LogP contribution in [-0.2, 0) is 0 Å². The SMILES string of the molecule is CNC(c1cccc(Cl)c1)c1ccc(OC)cc1OC. The average Bonchev–Trinajstić information content (AvgIpc) is 2.48. The molecular formula is C16H18ClNO2. The van der Waals surface area contributed by atoms with Crippen LogP contribution in [0.3, 0.4) is 0 Å². The van der Waals surface area contributed by atoms with Gasteiger partial charge in [0.1, 0.15) is 11.5 Å². The molecule has 106 valence electrons. The zero-order chi connectivity index (χ0) is 14.5. The van der Waals surface area contributed by atoms with E-state index >= 15 is 0 Å². The Kier molecular flexibility index (Phi) is 4.88. The minimum Gasteiger partial charge on any atom is -0.497 e. The molecule has 0 heterocycles. The molecule has 3 nitrogen and oxygen atoms in total. The van der Waals surface area contributed by atoms with Gasteiger partial charge in [0.2, 0.25) is 0 Å². The van der Waals surface area contributed by atoms with Crippen molar-refractivity contribution in [3.63, 3.8) is 0 Å². The third kappa shape index (κ3) is 3.06. The smallest absolute Gasteiger partial charge is 0.127 e. The van der Waals surface area contributed by atoms with Gasteiger partial charge < -0.3 is 14.8 Å². The van der Waals surface area contributed by atoms with Crippen LogP contribution in [-0.4, -0.2) is 21.3 Å². The minimum absolute atomic E-state index is 0.00885. The van der Waals surface area contributed by atoms with Crippen molar-refractivity contribution in [1.29, 1.82) is 0 Å². The van der Waals surface area contributed by atoms with Crippen LogP contribution in [0.25, 0.3) is 0 Å². The van der Waals surface area contributed by atoms with Crippen molar-refractivity contribution >= 4 is 11.6 Å². The topological polar surface area (TPSA) is 30.5 Å². The highest BCUT2D eigenvalue weighted by molar-refractivity contribution is 6.30. The predicted octanol–water partition coefficient (Wildman–Crippen LogP) is 3.67. The Morgan fingerprint density at radius 2 is 1.85 bits per heavy atom. The maximum atomic E-state index is 6.08. The molecule has 20 heavy (non-hydrogen) atoms. The number of nitrogens with one attached hydrogen (secondary N) is 1. The first-order chi connectivity index (χ1) is 9.69. The van der Waals surface area contributed by atoms with Crippen LogP contribution in [0.5, 0.6) is 11.5 Å². The Morgan fingerprint density at radius 1 is 1.05 bits per heavy atom. The Hall–Kier alpha value is -1.71. The second-order valence-corrected chi connectivity index (χ2v) is 4.82. The second-order valence-electron chi connectivity index (χ2n) is 4.38. The fourth-order valence-electron chi connectivity index (χ4n) is 2.24. The number of rotatable bonds is 5. The van der Waals surface area contributed by atoms with Gasteiger partial charge in [0.15, 0.2) is 0 Å². The summed E-state index contributed by atoms with van der Waals surface area (Å²) in [5, 5.41) is 4.01. The molecule has 0 saturated heterocycles. The molecule has 0 radical (unpaired) electrons. The van der Waals surface area contributed by atoms with Crippen LogP contribution >= 0.6 is 11.6 Å². The van der Waals surface area contributed by atoms with E-state index in [4.69, 9.17) is 21.1 Å². The van der Waals surface area contributed by atoms with E-state index in [2.05, 4.69) is 5.32 Å². The number of ether oxygens (including phenoxy) is 2.